The van der Waals surface area contributed by atoms with Gasteiger partial charge in [-0.3, -0.25) is 10.1 Å². The summed E-state index contributed by atoms with van der Waals surface area (Å²) >= 11 is 0. The lowest BCUT2D eigenvalue weighted by atomic mass is 10.1. The number of hydrogen-bond acceptors (Lipinski definition) is 4. The Hall–Kier alpha value is -1.54. The van der Waals surface area contributed by atoms with E-state index < -0.39 is 31.3 Å². The summed E-state index contributed by atoms with van der Waals surface area (Å²) in [4.78, 5) is 9.23. The highest BCUT2D eigenvalue weighted by molar-refractivity contribution is 7.89. The Balaban J connectivity index is 2.20. The molecule has 2 atom stereocenters. The lowest BCUT2D eigenvalue weighted by Gasteiger charge is -2.12. The van der Waals surface area contributed by atoms with Crippen LogP contribution in [-0.4, -0.2) is 19.9 Å². The maximum Gasteiger partial charge on any atom is 0.324 e. The minimum Gasteiger partial charge on any atom is -0.258 e. The molecule has 2 rings (SSSR count). The number of rotatable bonds is 5. The summed E-state index contributed by atoms with van der Waals surface area (Å²) in [7, 11) is -4.10. The van der Waals surface area contributed by atoms with Crippen LogP contribution in [0.4, 0.5) is 10.1 Å². The Bertz CT molecular complexity index is 648. The van der Waals surface area contributed by atoms with E-state index >= 15 is 0 Å². The van der Waals surface area contributed by atoms with Crippen molar-refractivity contribution >= 4 is 15.7 Å². The highest BCUT2D eigenvalue weighted by atomic mass is 32.2. The quantitative estimate of drug-likeness (QED) is 0.667. The molecule has 1 N–H and O–H groups in total. The zero-order valence-electron chi connectivity index (χ0n) is 11.6. The number of para-hydroxylation sites is 1. The molecule has 0 amide bonds. The van der Waals surface area contributed by atoms with E-state index in [0.29, 0.717) is 5.92 Å². The van der Waals surface area contributed by atoms with Crippen molar-refractivity contribution in [2.24, 2.45) is 11.8 Å². The monoisotopic (exact) mass is 316 g/mol. The summed E-state index contributed by atoms with van der Waals surface area (Å²) in [6, 6.07) is 3.06. The van der Waals surface area contributed by atoms with Crippen LogP contribution in [0.5, 0.6) is 0 Å². The Morgan fingerprint density at radius 1 is 1.43 bits per heavy atom. The molecule has 21 heavy (non-hydrogen) atoms. The molecule has 0 heterocycles. The molecule has 0 spiro atoms. The van der Waals surface area contributed by atoms with Crippen molar-refractivity contribution in [3.8, 4) is 0 Å². The SMILES string of the molecule is CC1CCC(CNS(=O)(=O)c2cccc(F)c2[N+](=O)[O-])C1. The molecule has 2 unspecified atom stereocenters. The number of nitrogens with zero attached hydrogens (tertiary/aromatic N) is 1. The van der Waals surface area contributed by atoms with Crippen LogP contribution >= 0.6 is 0 Å². The minimum atomic E-state index is -4.10. The smallest absolute Gasteiger partial charge is 0.258 e. The number of benzene rings is 1. The van der Waals surface area contributed by atoms with Gasteiger partial charge in [0.25, 0.3) is 0 Å². The van der Waals surface area contributed by atoms with Crippen LogP contribution in [-0.2, 0) is 10.0 Å². The van der Waals surface area contributed by atoms with Gasteiger partial charge in [0.2, 0.25) is 15.8 Å². The van der Waals surface area contributed by atoms with Crippen molar-refractivity contribution in [3.63, 3.8) is 0 Å². The highest BCUT2D eigenvalue weighted by Gasteiger charge is 2.30. The summed E-state index contributed by atoms with van der Waals surface area (Å²) < 4.78 is 40.2. The van der Waals surface area contributed by atoms with Gasteiger partial charge in [-0.25, -0.2) is 13.1 Å². The van der Waals surface area contributed by atoms with Crippen molar-refractivity contribution in [2.45, 2.75) is 31.1 Å². The molecule has 1 saturated carbocycles. The van der Waals surface area contributed by atoms with E-state index in [1.165, 1.54) is 0 Å². The minimum absolute atomic E-state index is 0.223. The third kappa shape index (κ3) is 3.56. The molecule has 0 aliphatic heterocycles. The molecule has 1 fully saturated rings. The van der Waals surface area contributed by atoms with Gasteiger partial charge < -0.3 is 0 Å². The van der Waals surface area contributed by atoms with Crippen LogP contribution < -0.4 is 4.72 Å². The predicted molar refractivity (Wildman–Crippen MR) is 74.7 cm³/mol. The molecular weight excluding hydrogens is 299 g/mol. The normalized spacial score (nSPS) is 22.4. The molecule has 8 heteroatoms. The first-order valence-corrected chi connectivity index (χ1v) is 8.22. The molecule has 6 nitrogen and oxygen atoms in total. The summed E-state index contributed by atoms with van der Waals surface area (Å²) in [5.74, 6) is -0.372. The van der Waals surface area contributed by atoms with E-state index in [0.717, 1.165) is 37.5 Å². The third-order valence-corrected chi connectivity index (χ3v) is 5.24. The predicted octanol–water partition coefficient (Wildman–Crippen LogP) is 2.45. The summed E-state index contributed by atoms with van der Waals surface area (Å²) in [5, 5.41) is 10.9. The van der Waals surface area contributed by atoms with Gasteiger partial charge in [0, 0.05) is 6.54 Å². The van der Waals surface area contributed by atoms with Gasteiger partial charge in [-0.15, -0.1) is 0 Å². The van der Waals surface area contributed by atoms with Crippen LogP contribution in [0.25, 0.3) is 0 Å². The molecule has 1 aliphatic carbocycles. The third-order valence-electron chi connectivity index (χ3n) is 3.79. The molecular formula is C13H17FN2O4S. The number of halogens is 1. The Labute approximate surface area is 122 Å². The van der Waals surface area contributed by atoms with E-state index in [1.54, 1.807) is 0 Å². The number of nitro groups is 1. The summed E-state index contributed by atoms with van der Waals surface area (Å²) in [6.07, 6.45) is 2.90. The van der Waals surface area contributed by atoms with Crippen LogP contribution in [0.1, 0.15) is 26.2 Å². The maximum absolute atomic E-state index is 13.5. The number of sulfonamides is 1. The molecule has 0 aromatic heterocycles. The van der Waals surface area contributed by atoms with Gasteiger partial charge in [0.1, 0.15) is 0 Å². The van der Waals surface area contributed by atoms with E-state index in [9.17, 15) is 22.9 Å². The first-order chi connectivity index (χ1) is 9.81. The van der Waals surface area contributed by atoms with Crippen molar-refractivity contribution in [1.82, 2.24) is 4.72 Å². The number of nitrogens with one attached hydrogen (secondary N) is 1. The average Bonchev–Trinajstić information content (AvgIpc) is 2.82. The molecule has 0 radical (unpaired) electrons. The largest absolute Gasteiger partial charge is 0.324 e. The van der Waals surface area contributed by atoms with E-state index in [2.05, 4.69) is 11.6 Å². The zero-order chi connectivity index (χ0) is 15.6. The second kappa shape index (κ2) is 6.07. The maximum atomic E-state index is 13.5. The van der Waals surface area contributed by atoms with Crippen LogP contribution in [0, 0.1) is 27.8 Å². The van der Waals surface area contributed by atoms with E-state index in [4.69, 9.17) is 0 Å². The van der Waals surface area contributed by atoms with Gasteiger partial charge in [-0.05, 0) is 36.8 Å². The highest BCUT2D eigenvalue weighted by Crippen LogP contribution is 2.31. The molecule has 1 aromatic rings. The first kappa shape index (κ1) is 15.8. The van der Waals surface area contributed by atoms with Crippen LogP contribution in [0.15, 0.2) is 23.1 Å². The number of hydrogen-bond donors (Lipinski definition) is 1. The molecule has 0 saturated heterocycles. The van der Waals surface area contributed by atoms with Gasteiger partial charge in [-0.2, -0.15) is 4.39 Å². The topological polar surface area (TPSA) is 89.3 Å². The van der Waals surface area contributed by atoms with Gasteiger partial charge in [-0.1, -0.05) is 19.4 Å². The molecule has 0 bridgehead atoms. The lowest BCUT2D eigenvalue weighted by molar-refractivity contribution is -0.390. The van der Waals surface area contributed by atoms with E-state index in [-0.39, 0.29) is 12.5 Å². The standard InChI is InChI=1S/C13H17FN2O4S/c1-9-5-6-10(7-9)8-15-21(19,20)12-4-2-3-11(14)13(12)16(17)18/h2-4,9-10,15H,5-8H2,1H3. The average molecular weight is 316 g/mol. The zero-order valence-corrected chi connectivity index (χ0v) is 12.4. The van der Waals surface area contributed by atoms with Crippen molar-refractivity contribution in [3.05, 3.63) is 34.1 Å². The molecule has 116 valence electrons. The second-order valence-corrected chi connectivity index (χ2v) is 7.22. The van der Waals surface area contributed by atoms with Gasteiger partial charge in [0.15, 0.2) is 4.90 Å². The fourth-order valence-electron chi connectivity index (χ4n) is 2.71. The van der Waals surface area contributed by atoms with Gasteiger partial charge in [0.05, 0.1) is 4.92 Å². The molecule has 1 aromatic carbocycles. The number of nitro benzene ring substituents is 1. The van der Waals surface area contributed by atoms with Crippen molar-refractivity contribution in [1.29, 1.82) is 0 Å². The van der Waals surface area contributed by atoms with E-state index in [1.807, 2.05) is 0 Å². The Morgan fingerprint density at radius 3 is 2.71 bits per heavy atom. The van der Waals surface area contributed by atoms with Crippen molar-refractivity contribution < 1.29 is 17.7 Å². The van der Waals surface area contributed by atoms with Crippen LogP contribution in [0.3, 0.4) is 0 Å². The second-order valence-electron chi connectivity index (χ2n) is 5.48. The molecule has 1 aliphatic rings. The summed E-state index contributed by atoms with van der Waals surface area (Å²) in [5.41, 5.74) is -1.01. The first-order valence-electron chi connectivity index (χ1n) is 6.74. The fourth-order valence-corrected chi connectivity index (χ4v) is 4.00. The Morgan fingerprint density at radius 2 is 2.14 bits per heavy atom. The van der Waals surface area contributed by atoms with Crippen molar-refractivity contribution in [2.75, 3.05) is 6.54 Å². The van der Waals surface area contributed by atoms with Gasteiger partial charge >= 0.3 is 5.69 Å². The summed E-state index contributed by atoms with van der Waals surface area (Å²) in [6.45, 7) is 2.33. The fraction of sp³-hybridized carbons (Fsp3) is 0.538. The lowest BCUT2D eigenvalue weighted by Crippen LogP contribution is -2.29. The Kier molecular flexibility index (Phi) is 4.58. The van der Waals surface area contributed by atoms with Crippen LogP contribution in [0.2, 0.25) is 0 Å².